The molecule has 4 heteroatoms. The molecule has 1 aliphatic rings. The smallest absolute Gasteiger partial charge is 0.129 e. The molecule has 17 heavy (non-hydrogen) atoms. The van der Waals surface area contributed by atoms with Crippen LogP contribution in [0.5, 0.6) is 0 Å². The van der Waals surface area contributed by atoms with E-state index < -0.39 is 0 Å². The minimum Gasteiger partial charge on any atom is -0.394 e. The average Bonchev–Trinajstić information content (AvgIpc) is 2.70. The van der Waals surface area contributed by atoms with E-state index in [0.717, 1.165) is 30.0 Å². The molecule has 1 aromatic heterocycles. The Morgan fingerprint density at radius 1 is 1.41 bits per heavy atom. The van der Waals surface area contributed by atoms with Gasteiger partial charge in [0.15, 0.2) is 0 Å². The third-order valence-electron chi connectivity index (χ3n) is 3.71. The van der Waals surface area contributed by atoms with Crippen LogP contribution in [0.15, 0.2) is 12.1 Å². The highest BCUT2D eigenvalue weighted by atomic mass is 16.3. The molecule has 2 atom stereocenters. The Bertz CT molecular complexity index is 395. The van der Waals surface area contributed by atoms with Gasteiger partial charge in [-0.1, -0.05) is 13.0 Å². The molecule has 0 amide bonds. The van der Waals surface area contributed by atoms with Crippen LogP contribution in [0.25, 0.3) is 0 Å². The zero-order valence-electron chi connectivity index (χ0n) is 10.4. The summed E-state index contributed by atoms with van der Waals surface area (Å²) in [6.07, 6.45) is 1.09. The van der Waals surface area contributed by atoms with E-state index in [9.17, 15) is 5.11 Å². The molecule has 0 aliphatic carbocycles. The second-order valence-electron chi connectivity index (χ2n) is 4.78. The van der Waals surface area contributed by atoms with Crippen molar-refractivity contribution in [1.29, 1.82) is 0 Å². The number of aliphatic hydroxyl groups is 2. The van der Waals surface area contributed by atoms with Crippen LogP contribution in [-0.4, -0.2) is 34.4 Å². The minimum atomic E-state index is 0.0267. The summed E-state index contributed by atoms with van der Waals surface area (Å²) in [5.74, 6) is 1.41. The summed E-state index contributed by atoms with van der Waals surface area (Å²) in [6.45, 7) is 5.21. The molecule has 2 N–H and O–H groups in total. The van der Waals surface area contributed by atoms with Gasteiger partial charge in [0, 0.05) is 12.2 Å². The van der Waals surface area contributed by atoms with Crippen LogP contribution in [-0.2, 0) is 6.61 Å². The predicted octanol–water partition coefficient (Wildman–Crippen LogP) is 1.09. The van der Waals surface area contributed by atoms with Crippen molar-refractivity contribution in [3.05, 3.63) is 23.4 Å². The molecule has 0 aromatic carbocycles. The van der Waals surface area contributed by atoms with Crippen molar-refractivity contribution in [3.63, 3.8) is 0 Å². The maximum Gasteiger partial charge on any atom is 0.129 e. The van der Waals surface area contributed by atoms with Crippen molar-refractivity contribution in [2.75, 3.05) is 18.1 Å². The van der Waals surface area contributed by atoms with Gasteiger partial charge < -0.3 is 15.1 Å². The second-order valence-corrected chi connectivity index (χ2v) is 4.78. The lowest BCUT2D eigenvalue weighted by Gasteiger charge is -2.26. The highest BCUT2D eigenvalue weighted by Crippen LogP contribution is 2.28. The first kappa shape index (κ1) is 12.3. The van der Waals surface area contributed by atoms with Crippen LogP contribution in [0.2, 0.25) is 0 Å². The van der Waals surface area contributed by atoms with Gasteiger partial charge in [0.05, 0.1) is 19.3 Å². The fourth-order valence-electron chi connectivity index (χ4n) is 2.47. The summed E-state index contributed by atoms with van der Waals surface area (Å²) in [4.78, 5) is 6.68. The molecular formula is C13H20N2O2. The average molecular weight is 236 g/mol. The van der Waals surface area contributed by atoms with Crippen LogP contribution in [0, 0.1) is 12.8 Å². The van der Waals surface area contributed by atoms with Crippen molar-refractivity contribution in [2.24, 2.45) is 5.92 Å². The maximum absolute atomic E-state index is 9.43. The molecule has 2 rings (SSSR count). The normalized spacial score (nSPS) is 24.4. The molecule has 1 fully saturated rings. The van der Waals surface area contributed by atoms with Crippen LogP contribution >= 0.6 is 0 Å². The van der Waals surface area contributed by atoms with E-state index in [2.05, 4.69) is 16.8 Å². The molecule has 0 saturated carbocycles. The SMILES string of the molecule is Cc1nc(N2CCC(C)C2CO)ccc1CO. The highest BCUT2D eigenvalue weighted by molar-refractivity contribution is 5.44. The number of rotatable bonds is 3. The number of aryl methyl sites for hydroxylation is 1. The van der Waals surface area contributed by atoms with Crippen LogP contribution in [0.3, 0.4) is 0 Å². The summed E-state index contributed by atoms with van der Waals surface area (Å²) in [6, 6.07) is 4.01. The lowest BCUT2D eigenvalue weighted by molar-refractivity contribution is 0.244. The van der Waals surface area contributed by atoms with E-state index in [1.807, 2.05) is 19.1 Å². The molecular weight excluding hydrogens is 216 g/mol. The number of nitrogens with zero attached hydrogens (tertiary/aromatic N) is 2. The zero-order chi connectivity index (χ0) is 12.4. The van der Waals surface area contributed by atoms with Gasteiger partial charge in [-0.15, -0.1) is 0 Å². The number of anilines is 1. The Morgan fingerprint density at radius 2 is 2.18 bits per heavy atom. The molecule has 0 spiro atoms. The van der Waals surface area contributed by atoms with Gasteiger partial charge in [0.25, 0.3) is 0 Å². The summed E-state index contributed by atoms with van der Waals surface area (Å²) >= 11 is 0. The van der Waals surface area contributed by atoms with E-state index in [4.69, 9.17) is 5.11 Å². The summed E-state index contributed by atoms with van der Waals surface area (Å²) < 4.78 is 0. The van der Waals surface area contributed by atoms with Crippen molar-refractivity contribution >= 4 is 5.82 Å². The van der Waals surface area contributed by atoms with E-state index >= 15 is 0 Å². The number of hydrogen-bond acceptors (Lipinski definition) is 4. The topological polar surface area (TPSA) is 56.6 Å². The molecule has 4 nitrogen and oxygen atoms in total. The van der Waals surface area contributed by atoms with Crippen molar-refractivity contribution in [3.8, 4) is 0 Å². The van der Waals surface area contributed by atoms with Crippen molar-refractivity contribution in [1.82, 2.24) is 4.98 Å². The van der Waals surface area contributed by atoms with E-state index in [1.54, 1.807) is 0 Å². The number of hydrogen-bond donors (Lipinski definition) is 2. The van der Waals surface area contributed by atoms with Gasteiger partial charge >= 0.3 is 0 Å². The summed E-state index contributed by atoms with van der Waals surface area (Å²) in [5, 5.41) is 18.6. The van der Waals surface area contributed by atoms with Gasteiger partial charge in [-0.25, -0.2) is 4.98 Å². The number of aromatic nitrogens is 1. The van der Waals surface area contributed by atoms with E-state index in [-0.39, 0.29) is 19.3 Å². The van der Waals surface area contributed by atoms with Crippen LogP contribution < -0.4 is 4.90 Å². The summed E-state index contributed by atoms with van der Waals surface area (Å²) in [5.41, 5.74) is 1.72. The largest absolute Gasteiger partial charge is 0.394 e. The first-order valence-corrected chi connectivity index (χ1v) is 6.12. The van der Waals surface area contributed by atoms with E-state index in [1.165, 1.54) is 0 Å². The van der Waals surface area contributed by atoms with Gasteiger partial charge in [-0.3, -0.25) is 0 Å². The monoisotopic (exact) mass is 236 g/mol. The fourth-order valence-corrected chi connectivity index (χ4v) is 2.47. The third kappa shape index (κ3) is 2.28. The minimum absolute atomic E-state index is 0.0267. The Balaban J connectivity index is 2.25. The van der Waals surface area contributed by atoms with Gasteiger partial charge in [0.1, 0.15) is 5.82 Å². The molecule has 1 aromatic rings. The Hall–Kier alpha value is -1.13. The molecule has 0 bridgehead atoms. The summed E-state index contributed by atoms with van der Waals surface area (Å²) in [7, 11) is 0. The Labute approximate surface area is 102 Å². The van der Waals surface area contributed by atoms with Gasteiger partial charge in [0.2, 0.25) is 0 Å². The zero-order valence-corrected chi connectivity index (χ0v) is 10.4. The molecule has 94 valence electrons. The quantitative estimate of drug-likeness (QED) is 0.825. The van der Waals surface area contributed by atoms with Crippen molar-refractivity contribution in [2.45, 2.75) is 32.9 Å². The first-order valence-electron chi connectivity index (χ1n) is 6.12. The van der Waals surface area contributed by atoms with Crippen molar-refractivity contribution < 1.29 is 10.2 Å². The Morgan fingerprint density at radius 3 is 2.76 bits per heavy atom. The Kier molecular flexibility index (Phi) is 3.64. The molecule has 1 aliphatic heterocycles. The maximum atomic E-state index is 9.43. The number of pyridine rings is 1. The lowest BCUT2D eigenvalue weighted by atomic mass is 10.0. The van der Waals surface area contributed by atoms with E-state index in [0.29, 0.717) is 5.92 Å². The molecule has 2 unspecified atom stereocenters. The predicted molar refractivity (Wildman–Crippen MR) is 66.9 cm³/mol. The van der Waals surface area contributed by atoms with Gasteiger partial charge in [-0.2, -0.15) is 0 Å². The third-order valence-corrected chi connectivity index (χ3v) is 3.71. The molecule has 2 heterocycles. The second kappa shape index (κ2) is 5.02. The van der Waals surface area contributed by atoms with Gasteiger partial charge in [-0.05, 0) is 30.9 Å². The van der Waals surface area contributed by atoms with Crippen LogP contribution in [0.1, 0.15) is 24.6 Å². The number of aliphatic hydroxyl groups excluding tert-OH is 2. The highest BCUT2D eigenvalue weighted by Gasteiger charge is 2.31. The first-order chi connectivity index (χ1) is 8.17. The lowest BCUT2D eigenvalue weighted by Crippen LogP contribution is -2.35. The van der Waals surface area contributed by atoms with Crippen LogP contribution in [0.4, 0.5) is 5.82 Å². The fraction of sp³-hybridized carbons (Fsp3) is 0.615. The molecule has 1 saturated heterocycles. The molecule has 0 radical (unpaired) electrons. The standard InChI is InChI=1S/C13H20N2O2/c1-9-5-6-15(12(9)8-17)13-4-3-11(7-16)10(2)14-13/h3-4,9,12,16-17H,5-8H2,1-2H3.